The van der Waals surface area contributed by atoms with Crippen molar-refractivity contribution in [2.24, 2.45) is 0 Å². The van der Waals surface area contributed by atoms with Crippen molar-refractivity contribution in [1.29, 1.82) is 0 Å². The topological polar surface area (TPSA) is 67.4 Å². The van der Waals surface area contributed by atoms with Gasteiger partial charge in [0.25, 0.3) is 0 Å². The summed E-state index contributed by atoms with van der Waals surface area (Å²) in [5.41, 5.74) is 1.47. The van der Waals surface area contributed by atoms with Crippen molar-refractivity contribution < 1.29 is 27.5 Å². The molecule has 0 aromatic carbocycles. The number of esters is 1. The van der Waals surface area contributed by atoms with E-state index in [0.29, 0.717) is 23.4 Å². The number of rotatable bonds is 4. The lowest BCUT2D eigenvalue weighted by Gasteiger charge is -2.23. The molecule has 10 heteroatoms. The first-order valence-electron chi connectivity index (χ1n) is 12.0. The van der Waals surface area contributed by atoms with E-state index in [1.165, 1.54) is 11.3 Å². The molecule has 1 atom stereocenters. The van der Waals surface area contributed by atoms with E-state index in [1.54, 1.807) is 20.8 Å². The zero-order valence-electron chi connectivity index (χ0n) is 20.4. The Morgan fingerprint density at radius 1 is 1.03 bits per heavy atom. The Hall–Kier alpha value is -2.07. The average Bonchev–Trinajstić information content (AvgIpc) is 3.30. The highest BCUT2D eigenvalue weighted by molar-refractivity contribution is 7.17. The molecule has 0 saturated heterocycles. The number of thiophene rings is 2. The summed E-state index contributed by atoms with van der Waals surface area (Å²) in [6.07, 6.45) is 1.27. The molecule has 5 nitrogen and oxygen atoms in total. The van der Waals surface area contributed by atoms with Crippen LogP contribution in [0.4, 0.5) is 23.0 Å². The van der Waals surface area contributed by atoms with E-state index in [4.69, 9.17) is 4.74 Å². The maximum atomic E-state index is 13.7. The summed E-state index contributed by atoms with van der Waals surface area (Å²) in [5.74, 6) is -0.340. The smallest absolute Gasteiger partial charge is 0.425 e. The van der Waals surface area contributed by atoms with Crippen LogP contribution in [0.3, 0.4) is 0 Å². The molecular weight excluding hydrogens is 497 g/mol. The van der Waals surface area contributed by atoms with Gasteiger partial charge < -0.3 is 10.1 Å². The molecule has 0 saturated carbocycles. The largest absolute Gasteiger partial charge is 0.456 e. The van der Waals surface area contributed by atoms with Gasteiger partial charge in [0.05, 0.1) is 5.56 Å². The monoisotopic (exact) mass is 528 g/mol. The highest BCUT2D eigenvalue weighted by Gasteiger charge is 2.38. The van der Waals surface area contributed by atoms with Gasteiger partial charge in [-0.15, -0.1) is 22.7 Å². The Morgan fingerprint density at radius 3 is 2.40 bits per heavy atom. The fraction of sp³-hybridized carbons (Fsp3) is 0.600. The van der Waals surface area contributed by atoms with Crippen LogP contribution < -0.4 is 10.6 Å². The molecule has 35 heavy (non-hydrogen) atoms. The van der Waals surface area contributed by atoms with E-state index in [9.17, 15) is 22.8 Å². The van der Waals surface area contributed by atoms with Gasteiger partial charge in [-0.25, -0.2) is 9.59 Å². The molecule has 2 amide bonds. The SMILES string of the molecule is CC1CCCc2sc(NC(=O)NCc3c(C(F)(F)F)sc4c3CCCC4)c(C(=O)OC(C)(C)C)c21. The predicted molar refractivity (Wildman–Crippen MR) is 133 cm³/mol. The van der Waals surface area contributed by atoms with Gasteiger partial charge >= 0.3 is 18.2 Å². The lowest BCUT2D eigenvalue weighted by atomic mass is 9.86. The molecule has 0 bridgehead atoms. The molecule has 1 unspecified atom stereocenters. The first-order valence-corrected chi connectivity index (χ1v) is 13.6. The summed E-state index contributed by atoms with van der Waals surface area (Å²) >= 11 is 2.15. The van der Waals surface area contributed by atoms with Crippen LogP contribution in [0.2, 0.25) is 0 Å². The molecule has 2 aliphatic rings. The number of halogens is 3. The van der Waals surface area contributed by atoms with E-state index in [-0.39, 0.29) is 18.0 Å². The highest BCUT2D eigenvalue weighted by atomic mass is 32.1. The fourth-order valence-corrected chi connectivity index (χ4v) is 7.51. The van der Waals surface area contributed by atoms with Crippen LogP contribution in [-0.2, 0) is 36.7 Å². The van der Waals surface area contributed by atoms with Gasteiger partial charge in [-0.1, -0.05) is 6.92 Å². The summed E-state index contributed by atoms with van der Waals surface area (Å²) < 4.78 is 46.7. The van der Waals surface area contributed by atoms with Gasteiger partial charge in [-0.2, -0.15) is 13.2 Å². The molecule has 2 aliphatic carbocycles. The van der Waals surface area contributed by atoms with Crippen molar-refractivity contribution in [3.8, 4) is 0 Å². The fourth-order valence-electron chi connectivity index (χ4n) is 4.89. The van der Waals surface area contributed by atoms with Crippen molar-refractivity contribution in [2.45, 2.75) is 96.9 Å². The van der Waals surface area contributed by atoms with Crippen LogP contribution in [0.25, 0.3) is 0 Å². The van der Waals surface area contributed by atoms with E-state index in [0.717, 1.165) is 64.3 Å². The van der Waals surface area contributed by atoms with Crippen molar-refractivity contribution in [3.05, 3.63) is 36.9 Å². The summed E-state index contributed by atoms with van der Waals surface area (Å²) in [4.78, 5) is 27.1. The van der Waals surface area contributed by atoms with E-state index < -0.39 is 28.7 Å². The van der Waals surface area contributed by atoms with Gasteiger partial charge in [0.1, 0.15) is 15.5 Å². The Balaban J connectivity index is 1.57. The predicted octanol–water partition coefficient (Wildman–Crippen LogP) is 7.42. The quantitative estimate of drug-likeness (QED) is 0.406. The Kier molecular flexibility index (Phi) is 7.26. The van der Waals surface area contributed by atoms with Crippen molar-refractivity contribution in [1.82, 2.24) is 5.32 Å². The van der Waals surface area contributed by atoms with E-state index >= 15 is 0 Å². The van der Waals surface area contributed by atoms with E-state index in [2.05, 4.69) is 17.6 Å². The average molecular weight is 529 g/mol. The van der Waals surface area contributed by atoms with Crippen molar-refractivity contribution in [2.75, 3.05) is 5.32 Å². The van der Waals surface area contributed by atoms with Crippen LogP contribution in [0.1, 0.15) is 101 Å². The second-order valence-electron chi connectivity index (χ2n) is 10.3. The van der Waals surface area contributed by atoms with Gasteiger partial charge in [0, 0.05) is 16.3 Å². The van der Waals surface area contributed by atoms with Crippen LogP contribution in [0.15, 0.2) is 0 Å². The number of alkyl halides is 3. The standard InChI is InChI=1S/C25H31F3N2O3S2/c1-13-8-7-11-17-18(13)19(22(31)33-24(2,3)4)21(35-17)30-23(32)29-12-15-14-9-5-6-10-16(14)34-20(15)25(26,27)28/h13H,5-12H2,1-4H3,(H2,29,30,32). The minimum atomic E-state index is -4.46. The summed E-state index contributed by atoms with van der Waals surface area (Å²) in [5, 5.41) is 5.75. The minimum absolute atomic E-state index is 0.155. The molecule has 2 aromatic rings. The lowest BCUT2D eigenvalue weighted by molar-refractivity contribution is -0.135. The molecule has 2 N–H and O–H groups in total. The molecule has 192 valence electrons. The second-order valence-corrected chi connectivity index (χ2v) is 12.5. The third kappa shape index (κ3) is 5.69. The number of hydrogen-bond acceptors (Lipinski definition) is 5. The summed E-state index contributed by atoms with van der Waals surface area (Å²) in [6, 6.07) is -0.634. The van der Waals surface area contributed by atoms with Gasteiger partial charge in [0.2, 0.25) is 0 Å². The second kappa shape index (κ2) is 9.76. The maximum absolute atomic E-state index is 13.7. The molecule has 2 heterocycles. The van der Waals surface area contributed by atoms with Crippen LogP contribution in [0, 0.1) is 0 Å². The van der Waals surface area contributed by atoms with E-state index in [1.807, 2.05) is 0 Å². The molecular formula is C25H31F3N2O3S2. The Labute approximate surface area is 211 Å². The molecule has 0 fully saturated rings. The van der Waals surface area contributed by atoms with Crippen molar-refractivity contribution >= 4 is 39.7 Å². The van der Waals surface area contributed by atoms with Crippen LogP contribution in [-0.4, -0.2) is 17.6 Å². The molecule has 0 aliphatic heterocycles. The number of amides is 2. The number of urea groups is 1. The third-order valence-electron chi connectivity index (χ3n) is 6.35. The normalized spacial score (nSPS) is 18.0. The lowest BCUT2D eigenvalue weighted by Crippen LogP contribution is -2.30. The number of carbonyl (C=O) groups is 2. The molecule has 2 aromatic heterocycles. The Morgan fingerprint density at radius 2 is 1.71 bits per heavy atom. The maximum Gasteiger partial charge on any atom is 0.425 e. The molecule has 0 radical (unpaired) electrons. The van der Waals surface area contributed by atoms with Gasteiger partial charge in [-0.05, 0) is 88.3 Å². The van der Waals surface area contributed by atoms with Crippen LogP contribution in [0.5, 0.6) is 0 Å². The first-order chi connectivity index (χ1) is 16.3. The highest BCUT2D eigenvalue weighted by Crippen LogP contribution is 2.45. The number of nitrogens with one attached hydrogen (secondary N) is 2. The number of aryl methyl sites for hydroxylation is 2. The van der Waals surface area contributed by atoms with Gasteiger partial charge in [0.15, 0.2) is 0 Å². The Bertz CT molecular complexity index is 1130. The van der Waals surface area contributed by atoms with Crippen LogP contribution >= 0.6 is 22.7 Å². The summed E-state index contributed by atoms with van der Waals surface area (Å²) in [7, 11) is 0. The molecule has 4 rings (SSSR count). The summed E-state index contributed by atoms with van der Waals surface area (Å²) in [6.45, 7) is 7.20. The van der Waals surface area contributed by atoms with Gasteiger partial charge in [-0.3, -0.25) is 5.32 Å². The molecule has 0 spiro atoms. The first kappa shape index (κ1) is 26.0. The zero-order valence-corrected chi connectivity index (χ0v) is 22.0. The number of ether oxygens (including phenoxy) is 1. The number of fused-ring (bicyclic) bond motifs is 2. The number of anilines is 1. The van der Waals surface area contributed by atoms with Crippen molar-refractivity contribution in [3.63, 3.8) is 0 Å². The zero-order chi connectivity index (χ0) is 25.5. The minimum Gasteiger partial charge on any atom is -0.456 e. The number of hydrogen-bond donors (Lipinski definition) is 2. The number of carbonyl (C=O) groups excluding carboxylic acids is 2. The third-order valence-corrected chi connectivity index (χ3v) is 8.91.